The summed E-state index contributed by atoms with van der Waals surface area (Å²) in [6.07, 6.45) is 3.77. The van der Waals surface area contributed by atoms with E-state index in [4.69, 9.17) is 11.8 Å². The topological polar surface area (TPSA) is 36.4 Å². The number of hydrogen-bond acceptors (Lipinski definition) is 3. The maximum Gasteiger partial charge on any atom is 0.115 e. The predicted molar refractivity (Wildman–Crippen MR) is 71.8 cm³/mol. The van der Waals surface area contributed by atoms with Crippen molar-refractivity contribution in [3.63, 3.8) is 0 Å². The Hall–Kier alpha value is -2.00. The Kier molecular flexibility index (Phi) is 2.68. The molecule has 0 radical (unpaired) electrons. The summed E-state index contributed by atoms with van der Waals surface area (Å²) in [6, 6.07) is 11.0. The number of rotatable bonds is 1. The Morgan fingerprint density at radius 1 is 1.11 bits per heavy atom. The Labute approximate surface area is 110 Å². The molecule has 1 aliphatic heterocycles. The summed E-state index contributed by atoms with van der Waals surface area (Å²) in [6.45, 7) is 0.597. The molecule has 0 unspecified atom stereocenters. The molecule has 0 amide bonds. The molecule has 1 N–H and O–H groups in total. The van der Waals surface area contributed by atoms with Crippen molar-refractivity contribution in [1.29, 1.82) is 0 Å². The number of fused-ring (bicyclic) bond motifs is 1. The number of halogens is 1. The number of phenols is 1. The first-order valence-corrected chi connectivity index (χ1v) is 5.96. The zero-order chi connectivity index (χ0) is 12.5. The minimum Gasteiger partial charge on any atom is -0.508 e. The second-order valence-electron chi connectivity index (χ2n) is 4.15. The van der Waals surface area contributed by atoms with Gasteiger partial charge < -0.3 is 5.11 Å². The summed E-state index contributed by atoms with van der Waals surface area (Å²) in [5.41, 5.74) is 3.91. The van der Waals surface area contributed by atoms with Gasteiger partial charge in [-0.15, -0.1) is 0 Å². The Morgan fingerprint density at radius 3 is 2.67 bits per heavy atom. The van der Waals surface area contributed by atoms with Crippen LogP contribution in [0.3, 0.4) is 0 Å². The molecule has 0 bridgehead atoms. The highest BCUT2D eigenvalue weighted by molar-refractivity contribution is 6.14. The van der Waals surface area contributed by atoms with Crippen LogP contribution >= 0.6 is 11.8 Å². The van der Waals surface area contributed by atoms with Gasteiger partial charge in [0.25, 0.3) is 0 Å². The summed E-state index contributed by atoms with van der Waals surface area (Å²) in [5.74, 6) is 0.256. The van der Waals surface area contributed by atoms with Crippen LogP contribution in [0.2, 0.25) is 0 Å². The fourth-order valence-corrected chi connectivity index (χ4v) is 2.11. The van der Waals surface area contributed by atoms with Gasteiger partial charge in [0.1, 0.15) is 5.75 Å². The van der Waals surface area contributed by atoms with E-state index in [0.717, 1.165) is 22.5 Å². The summed E-state index contributed by atoms with van der Waals surface area (Å²) >= 11 is 5.94. The molecular formula is C14H11ClN2O. The number of nitrogens with zero attached hydrogens (tertiary/aromatic N) is 2. The molecule has 2 aromatic rings. The molecule has 0 saturated heterocycles. The van der Waals surface area contributed by atoms with Crippen molar-refractivity contribution in [3.05, 3.63) is 53.9 Å². The smallest absolute Gasteiger partial charge is 0.115 e. The van der Waals surface area contributed by atoms with E-state index in [1.807, 2.05) is 36.5 Å². The van der Waals surface area contributed by atoms with Gasteiger partial charge >= 0.3 is 0 Å². The third-order valence-corrected chi connectivity index (χ3v) is 3.12. The minimum absolute atomic E-state index is 0.256. The van der Waals surface area contributed by atoms with Gasteiger partial charge in [-0.1, -0.05) is 6.07 Å². The van der Waals surface area contributed by atoms with Crippen LogP contribution < -0.4 is 0 Å². The van der Waals surface area contributed by atoms with Gasteiger partial charge in [-0.2, -0.15) is 0 Å². The lowest BCUT2D eigenvalue weighted by molar-refractivity contribution is 0.475. The lowest BCUT2D eigenvalue weighted by Crippen LogP contribution is -2.11. The molecule has 0 fully saturated rings. The molecule has 1 aliphatic rings. The van der Waals surface area contributed by atoms with Crippen molar-refractivity contribution < 1.29 is 5.11 Å². The van der Waals surface area contributed by atoms with Gasteiger partial charge in [-0.05, 0) is 42.0 Å². The normalized spacial score (nSPS) is 13.5. The molecule has 1 aromatic carbocycles. The van der Waals surface area contributed by atoms with E-state index < -0.39 is 0 Å². The average molecular weight is 259 g/mol. The van der Waals surface area contributed by atoms with Gasteiger partial charge in [-0.25, -0.2) is 0 Å². The van der Waals surface area contributed by atoms with Crippen LogP contribution in [0.25, 0.3) is 17.3 Å². The van der Waals surface area contributed by atoms with E-state index in [0.29, 0.717) is 6.54 Å². The van der Waals surface area contributed by atoms with E-state index >= 15 is 0 Å². The van der Waals surface area contributed by atoms with Crippen molar-refractivity contribution in [2.24, 2.45) is 0 Å². The molecule has 4 heteroatoms. The van der Waals surface area contributed by atoms with Crippen LogP contribution in [0, 0.1) is 0 Å². The van der Waals surface area contributed by atoms with Gasteiger partial charge in [0.15, 0.2) is 0 Å². The number of benzene rings is 1. The molecule has 1 aromatic heterocycles. The zero-order valence-electron chi connectivity index (χ0n) is 9.55. The van der Waals surface area contributed by atoms with Crippen LogP contribution in [0.5, 0.6) is 5.75 Å². The van der Waals surface area contributed by atoms with Crippen LogP contribution in [0.4, 0.5) is 0 Å². The van der Waals surface area contributed by atoms with E-state index in [9.17, 15) is 5.11 Å². The lowest BCUT2D eigenvalue weighted by Gasteiger charge is -2.17. The molecule has 0 saturated carbocycles. The summed E-state index contributed by atoms with van der Waals surface area (Å²) in [5, 5.41) is 9.28. The molecule has 3 rings (SSSR count). The third kappa shape index (κ3) is 2.05. The molecular weight excluding hydrogens is 248 g/mol. The molecule has 90 valence electrons. The van der Waals surface area contributed by atoms with Crippen molar-refractivity contribution in [1.82, 2.24) is 9.40 Å². The summed E-state index contributed by atoms with van der Waals surface area (Å²) < 4.78 is 1.58. The molecule has 0 atom stereocenters. The SMILES string of the molecule is Oc1ccc(-c2ccc3c(n2)CN(Cl)C=C3)cc1. The van der Waals surface area contributed by atoms with Crippen molar-refractivity contribution in [2.75, 3.05) is 0 Å². The van der Waals surface area contributed by atoms with Gasteiger partial charge in [0.05, 0.1) is 17.9 Å². The minimum atomic E-state index is 0.256. The monoisotopic (exact) mass is 258 g/mol. The number of aromatic hydroxyl groups is 1. The van der Waals surface area contributed by atoms with E-state index in [1.54, 1.807) is 16.6 Å². The average Bonchev–Trinajstić information content (AvgIpc) is 2.38. The van der Waals surface area contributed by atoms with E-state index in [-0.39, 0.29) is 5.75 Å². The van der Waals surface area contributed by atoms with Gasteiger partial charge in [0.2, 0.25) is 0 Å². The van der Waals surface area contributed by atoms with E-state index in [1.165, 1.54) is 0 Å². The van der Waals surface area contributed by atoms with Gasteiger partial charge in [0, 0.05) is 23.5 Å². The van der Waals surface area contributed by atoms with Crippen LogP contribution in [0.15, 0.2) is 42.6 Å². The fraction of sp³-hybridized carbons (Fsp3) is 0.0714. The maximum absolute atomic E-state index is 9.28. The van der Waals surface area contributed by atoms with Crippen molar-refractivity contribution in [2.45, 2.75) is 6.54 Å². The first kappa shape index (κ1) is 11.1. The highest BCUT2D eigenvalue weighted by Gasteiger charge is 2.11. The highest BCUT2D eigenvalue weighted by atomic mass is 35.5. The fourth-order valence-electron chi connectivity index (χ4n) is 1.94. The molecule has 0 aliphatic carbocycles. The Morgan fingerprint density at radius 2 is 1.89 bits per heavy atom. The Balaban J connectivity index is 2.02. The Bertz CT molecular complexity index is 608. The number of phenolic OH excluding ortho intramolecular Hbond substituents is 1. The maximum atomic E-state index is 9.28. The van der Waals surface area contributed by atoms with E-state index in [2.05, 4.69) is 4.98 Å². The zero-order valence-corrected chi connectivity index (χ0v) is 10.3. The molecule has 3 nitrogen and oxygen atoms in total. The van der Waals surface area contributed by atoms with Crippen molar-refractivity contribution in [3.8, 4) is 17.0 Å². The first-order chi connectivity index (χ1) is 8.72. The second kappa shape index (κ2) is 4.35. The number of pyridine rings is 1. The highest BCUT2D eigenvalue weighted by Crippen LogP contribution is 2.25. The first-order valence-electron chi connectivity index (χ1n) is 5.62. The molecule has 2 heterocycles. The van der Waals surface area contributed by atoms with Crippen LogP contribution in [-0.4, -0.2) is 14.5 Å². The van der Waals surface area contributed by atoms with Crippen LogP contribution in [0.1, 0.15) is 11.3 Å². The molecule has 0 spiro atoms. The summed E-state index contributed by atoms with van der Waals surface area (Å²) in [7, 11) is 0. The largest absolute Gasteiger partial charge is 0.508 e. The lowest BCUT2D eigenvalue weighted by atomic mass is 10.1. The standard InChI is InChI=1S/C14H11ClN2O/c15-17-8-7-11-3-6-13(16-14(11)9-17)10-1-4-12(18)5-2-10/h1-8,18H,9H2. The van der Waals surface area contributed by atoms with Gasteiger partial charge in [-0.3, -0.25) is 9.40 Å². The van der Waals surface area contributed by atoms with Crippen LogP contribution in [-0.2, 0) is 6.54 Å². The quantitative estimate of drug-likeness (QED) is 0.797. The van der Waals surface area contributed by atoms with Crippen molar-refractivity contribution >= 4 is 17.9 Å². The summed E-state index contributed by atoms with van der Waals surface area (Å²) in [4.78, 5) is 4.60. The number of hydrogen-bond donors (Lipinski definition) is 1. The predicted octanol–water partition coefficient (Wildman–Crippen LogP) is 3.39. The molecule has 18 heavy (non-hydrogen) atoms. The second-order valence-corrected chi connectivity index (χ2v) is 4.59. The number of aromatic nitrogens is 1. The third-order valence-electron chi connectivity index (χ3n) is 2.89.